The van der Waals surface area contributed by atoms with E-state index in [1.165, 1.54) is 66.4 Å². The maximum atomic E-state index is 4.82. The van der Waals surface area contributed by atoms with Gasteiger partial charge >= 0.3 is 0 Å². The van der Waals surface area contributed by atoms with Crippen LogP contribution >= 0.6 is 0 Å². The zero-order valence-corrected chi connectivity index (χ0v) is 27.5. The molecule has 1 heteroatoms. The first-order valence-electron chi connectivity index (χ1n) is 16.4. The topological polar surface area (TPSA) is 12.9 Å². The van der Waals surface area contributed by atoms with Crippen molar-refractivity contribution in [3.05, 3.63) is 174 Å². The highest BCUT2D eigenvalue weighted by molar-refractivity contribution is 5.95. The third-order valence-corrected chi connectivity index (χ3v) is 9.02. The highest BCUT2D eigenvalue weighted by atomic mass is 14.7. The van der Waals surface area contributed by atoms with Crippen LogP contribution in [0.3, 0.4) is 0 Å². The van der Waals surface area contributed by atoms with Crippen molar-refractivity contribution in [1.82, 2.24) is 4.98 Å². The van der Waals surface area contributed by atoms with Gasteiger partial charge in [0.05, 0.1) is 5.69 Å². The average molecular weight is 606 g/mol. The molecule has 7 rings (SSSR count). The van der Waals surface area contributed by atoms with Gasteiger partial charge in [-0.1, -0.05) is 154 Å². The molecule has 1 heterocycles. The second kappa shape index (κ2) is 12.7. The third-order valence-electron chi connectivity index (χ3n) is 9.02. The smallest absolute Gasteiger partial charge is 0.0780 e. The van der Waals surface area contributed by atoms with Crippen molar-refractivity contribution in [3.8, 4) is 44.6 Å². The van der Waals surface area contributed by atoms with E-state index in [-0.39, 0.29) is 5.41 Å². The van der Waals surface area contributed by atoms with E-state index in [0.717, 1.165) is 11.3 Å². The Morgan fingerprint density at radius 2 is 1.09 bits per heavy atom. The molecule has 0 unspecified atom stereocenters. The van der Waals surface area contributed by atoms with Gasteiger partial charge in [0.1, 0.15) is 0 Å². The zero-order valence-electron chi connectivity index (χ0n) is 27.5. The summed E-state index contributed by atoms with van der Waals surface area (Å²) in [5.74, 6) is 0. The monoisotopic (exact) mass is 605 g/mol. The highest BCUT2D eigenvalue weighted by Crippen LogP contribution is 2.38. The predicted molar refractivity (Wildman–Crippen MR) is 202 cm³/mol. The van der Waals surface area contributed by atoms with Gasteiger partial charge in [-0.05, 0) is 97.6 Å². The third kappa shape index (κ3) is 6.44. The summed E-state index contributed by atoms with van der Waals surface area (Å²) in [6.07, 6.45) is 6.34. The quantitative estimate of drug-likeness (QED) is 0.172. The van der Waals surface area contributed by atoms with Crippen LogP contribution in [0.4, 0.5) is 0 Å². The molecule has 47 heavy (non-hydrogen) atoms. The minimum absolute atomic E-state index is 0.102. The summed E-state index contributed by atoms with van der Waals surface area (Å²) < 4.78 is 0. The number of hydrogen-bond donors (Lipinski definition) is 0. The van der Waals surface area contributed by atoms with Gasteiger partial charge in [0.25, 0.3) is 0 Å². The van der Waals surface area contributed by atoms with Crippen molar-refractivity contribution in [2.24, 2.45) is 0 Å². The number of pyridine rings is 1. The molecule has 1 aromatic heterocycles. The van der Waals surface area contributed by atoms with E-state index in [4.69, 9.17) is 4.98 Å². The number of benzene rings is 6. The van der Waals surface area contributed by atoms with Crippen LogP contribution in [0, 0.1) is 6.92 Å². The maximum absolute atomic E-state index is 4.82. The fourth-order valence-electron chi connectivity index (χ4n) is 6.38. The van der Waals surface area contributed by atoms with Crippen LogP contribution in [0.2, 0.25) is 0 Å². The minimum atomic E-state index is 0.102. The van der Waals surface area contributed by atoms with Crippen molar-refractivity contribution < 1.29 is 0 Å². The molecule has 228 valence electrons. The normalized spacial score (nSPS) is 11.7. The van der Waals surface area contributed by atoms with Crippen LogP contribution in [0.15, 0.2) is 152 Å². The first kappa shape index (κ1) is 30.1. The van der Waals surface area contributed by atoms with Crippen molar-refractivity contribution in [1.29, 1.82) is 0 Å². The fourth-order valence-corrected chi connectivity index (χ4v) is 6.38. The first-order chi connectivity index (χ1) is 22.8. The molecule has 0 aliphatic rings. The molecule has 0 amide bonds. The summed E-state index contributed by atoms with van der Waals surface area (Å²) in [5, 5.41) is 2.40. The van der Waals surface area contributed by atoms with E-state index < -0.39 is 0 Å². The van der Waals surface area contributed by atoms with Gasteiger partial charge in [-0.25, -0.2) is 0 Å². The number of aryl methyl sites for hydroxylation is 1. The summed E-state index contributed by atoms with van der Waals surface area (Å²) in [4.78, 5) is 4.82. The molecular formula is C46H39N. The van der Waals surface area contributed by atoms with Crippen molar-refractivity contribution in [2.75, 3.05) is 0 Å². The summed E-state index contributed by atoms with van der Waals surface area (Å²) in [6.45, 7) is 8.96. The Kier molecular flexibility index (Phi) is 8.14. The van der Waals surface area contributed by atoms with Gasteiger partial charge < -0.3 is 0 Å². The standard InChI is InChI=1S/C46H39N/c1-32-12-8-9-15-41(32)38-28-34(19-18-33-13-6-5-7-14-33)29-39(30-38)43-17-11-10-16-42(43)35-20-22-36(23-21-35)45-44-25-24-40(46(2,3)4)31-37(44)26-27-47-45/h5-31H,1-4H3/b19-18-. The summed E-state index contributed by atoms with van der Waals surface area (Å²) in [5.41, 5.74) is 14.5. The Hall–Kier alpha value is -5.53. The summed E-state index contributed by atoms with van der Waals surface area (Å²) in [6, 6.07) is 52.6. The minimum Gasteiger partial charge on any atom is -0.256 e. The molecule has 0 radical (unpaired) electrons. The van der Waals surface area contributed by atoms with Gasteiger partial charge in [-0.3, -0.25) is 4.98 Å². The van der Waals surface area contributed by atoms with E-state index in [2.05, 4.69) is 185 Å². The molecule has 0 fully saturated rings. The van der Waals surface area contributed by atoms with Gasteiger partial charge in [-0.2, -0.15) is 0 Å². The molecule has 0 bridgehead atoms. The van der Waals surface area contributed by atoms with E-state index in [0.29, 0.717) is 0 Å². The van der Waals surface area contributed by atoms with Crippen molar-refractivity contribution in [2.45, 2.75) is 33.1 Å². The maximum Gasteiger partial charge on any atom is 0.0780 e. The Balaban J connectivity index is 1.29. The highest BCUT2D eigenvalue weighted by Gasteiger charge is 2.16. The van der Waals surface area contributed by atoms with E-state index >= 15 is 0 Å². The molecule has 0 spiro atoms. The number of rotatable bonds is 6. The summed E-state index contributed by atoms with van der Waals surface area (Å²) >= 11 is 0. The van der Waals surface area contributed by atoms with Gasteiger partial charge in [-0.15, -0.1) is 0 Å². The Morgan fingerprint density at radius 3 is 1.79 bits per heavy atom. The second-order valence-corrected chi connectivity index (χ2v) is 13.4. The average Bonchev–Trinajstić information content (AvgIpc) is 3.10. The molecule has 0 saturated heterocycles. The molecule has 0 saturated carbocycles. The number of nitrogens with zero attached hydrogens (tertiary/aromatic N) is 1. The largest absolute Gasteiger partial charge is 0.256 e. The molecule has 0 N–H and O–H groups in total. The van der Waals surface area contributed by atoms with Crippen molar-refractivity contribution >= 4 is 22.9 Å². The van der Waals surface area contributed by atoms with Gasteiger partial charge in [0.15, 0.2) is 0 Å². The first-order valence-corrected chi connectivity index (χ1v) is 16.4. The lowest BCUT2D eigenvalue weighted by atomic mass is 9.85. The van der Waals surface area contributed by atoms with Crippen LogP contribution in [0.1, 0.15) is 43.0 Å². The van der Waals surface area contributed by atoms with E-state index in [1.54, 1.807) is 0 Å². The molecule has 6 aromatic carbocycles. The summed E-state index contributed by atoms with van der Waals surface area (Å²) in [7, 11) is 0. The van der Waals surface area contributed by atoms with Crippen molar-refractivity contribution in [3.63, 3.8) is 0 Å². The van der Waals surface area contributed by atoms with E-state index in [1.807, 2.05) is 6.20 Å². The molecule has 0 aliphatic carbocycles. The Bertz CT molecular complexity index is 2210. The SMILES string of the molecule is Cc1ccccc1-c1cc(/C=C\c2ccccc2)cc(-c2ccccc2-c2ccc(-c3nccc4cc(C(C)(C)C)ccc34)cc2)c1. The second-order valence-electron chi connectivity index (χ2n) is 13.4. The lowest BCUT2D eigenvalue weighted by Crippen LogP contribution is -2.10. The molecule has 0 atom stereocenters. The van der Waals surface area contributed by atoms with Gasteiger partial charge in [0.2, 0.25) is 0 Å². The van der Waals surface area contributed by atoms with Crippen LogP contribution in [-0.4, -0.2) is 4.98 Å². The lowest BCUT2D eigenvalue weighted by Gasteiger charge is -2.20. The molecule has 1 nitrogen and oxygen atoms in total. The molecule has 0 aliphatic heterocycles. The number of hydrogen-bond acceptors (Lipinski definition) is 1. The number of aromatic nitrogens is 1. The van der Waals surface area contributed by atoms with Crippen LogP contribution < -0.4 is 0 Å². The van der Waals surface area contributed by atoms with E-state index in [9.17, 15) is 0 Å². The van der Waals surface area contributed by atoms with Crippen LogP contribution in [-0.2, 0) is 5.41 Å². The Labute approximate surface area is 278 Å². The fraction of sp³-hybridized carbons (Fsp3) is 0.109. The number of fused-ring (bicyclic) bond motifs is 1. The van der Waals surface area contributed by atoms with Crippen LogP contribution in [0.5, 0.6) is 0 Å². The van der Waals surface area contributed by atoms with Crippen LogP contribution in [0.25, 0.3) is 67.6 Å². The Morgan fingerprint density at radius 1 is 0.489 bits per heavy atom. The molecular weight excluding hydrogens is 567 g/mol. The molecule has 7 aromatic rings. The zero-order chi connectivity index (χ0) is 32.4. The predicted octanol–water partition coefficient (Wildman–Crippen LogP) is 12.7. The lowest BCUT2D eigenvalue weighted by molar-refractivity contribution is 0.591. The van der Waals surface area contributed by atoms with Gasteiger partial charge in [0, 0.05) is 17.1 Å².